The highest BCUT2D eigenvalue weighted by atomic mass is 28.4. The van der Waals surface area contributed by atoms with E-state index in [0.717, 1.165) is 11.0 Å². The fraction of sp³-hybridized carbons (Fsp3) is 0.529. The molecule has 0 saturated carbocycles. The quantitative estimate of drug-likeness (QED) is 0.608. The number of benzene rings is 1. The molecule has 4 nitrogen and oxygen atoms in total. The predicted molar refractivity (Wildman–Crippen MR) is 94.5 cm³/mol. The zero-order valence-electron chi connectivity index (χ0n) is 14.6. The van der Waals surface area contributed by atoms with E-state index < -0.39 is 13.9 Å². The van der Waals surface area contributed by atoms with Gasteiger partial charge in [-0.05, 0) is 37.2 Å². The van der Waals surface area contributed by atoms with Crippen molar-refractivity contribution in [2.45, 2.75) is 51.4 Å². The molecular weight excluding hydrogens is 290 g/mol. The van der Waals surface area contributed by atoms with Gasteiger partial charge in [-0.3, -0.25) is 0 Å². The molecule has 1 atom stereocenters. The Balaban J connectivity index is 2.27. The van der Waals surface area contributed by atoms with Crippen LogP contribution in [0.15, 0.2) is 36.9 Å². The van der Waals surface area contributed by atoms with Crippen LogP contribution in [0.2, 0.25) is 18.1 Å². The minimum Gasteiger partial charge on any atom is -0.414 e. The zero-order valence-corrected chi connectivity index (χ0v) is 15.6. The van der Waals surface area contributed by atoms with Gasteiger partial charge in [0.2, 0.25) is 0 Å². The number of aromatic nitrogens is 3. The Labute approximate surface area is 134 Å². The molecule has 1 unspecified atom stereocenters. The molecule has 0 amide bonds. The minimum atomic E-state index is -1.82. The van der Waals surface area contributed by atoms with Crippen molar-refractivity contribution in [2.24, 2.45) is 0 Å². The van der Waals surface area contributed by atoms with Crippen LogP contribution in [0.5, 0.6) is 0 Å². The summed E-state index contributed by atoms with van der Waals surface area (Å²) < 4.78 is 6.37. The van der Waals surface area contributed by atoms with E-state index in [0.29, 0.717) is 6.61 Å². The fourth-order valence-electron chi connectivity index (χ4n) is 1.83. The number of fused-ring (bicyclic) bond motifs is 1. The fourth-order valence-corrected chi connectivity index (χ4v) is 2.92. The van der Waals surface area contributed by atoms with Crippen LogP contribution >= 0.6 is 0 Å². The van der Waals surface area contributed by atoms with Gasteiger partial charge in [-0.1, -0.05) is 39.0 Å². The predicted octanol–water partition coefficient (Wildman–Crippen LogP) is 4.35. The largest absolute Gasteiger partial charge is 0.414 e. The molecule has 0 aliphatic rings. The first-order chi connectivity index (χ1) is 10.1. The highest BCUT2D eigenvalue weighted by molar-refractivity contribution is 6.74. The molecule has 22 heavy (non-hydrogen) atoms. The van der Waals surface area contributed by atoms with Gasteiger partial charge in [0.15, 0.2) is 8.32 Å². The summed E-state index contributed by atoms with van der Waals surface area (Å²) >= 11 is 0. The van der Waals surface area contributed by atoms with E-state index in [2.05, 4.69) is 57.6 Å². The average Bonchev–Trinajstić information content (AvgIpc) is 2.88. The summed E-state index contributed by atoms with van der Waals surface area (Å²) in [7, 11) is -1.82. The molecule has 1 heterocycles. The van der Waals surface area contributed by atoms with Crippen molar-refractivity contribution in [3.05, 3.63) is 36.9 Å². The van der Waals surface area contributed by atoms with Gasteiger partial charge in [-0.15, -0.1) is 6.58 Å². The molecule has 0 aliphatic carbocycles. The van der Waals surface area contributed by atoms with E-state index >= 15 is 0 Å². The lowest BCUT2D eigenvalue weighted by atomic mass is 10.1. The Morgan fingerprint density at radius 1 is 1.14 bits per heavy atom. The standard InChI is InChI=1S/C17H27N3OSi/c1-8-17(5,13-21-22(6,7)16(2,3)4)20-18-14-11-9-10-12-15(14)19-20/h8-12H,1,13H2,2-7H3. The number of nitrogens with zero attached hydrogens (tertiary/aromatic N) is 3. The average molecular weight is 318 g/mol. The molecule has 5 heteroatoms. The Hall–Kier alpha value is -1.46. The summed E-state index contributed by atoms with van der Waals surface area (Å²) in [4.78, 5) is 1.73. The summed E-state index contributed by atoms with van der Waals surface area (Å²) in [6, 6.07) is 7.88. The Kier molecular flexibility index (Phi) is 4.32. The normalized spacial score (nSPS) is 15.7. The van der Waals surface area contributed by atoms with E-state index in [1.807, 2.05) is 30.3 Å². The molecule has 1 aromatic carbocycles. The topological polar surface area (TPSA) is 39.9 Å². The van der Waals surface area contributed by atoms with Crippen LogP contribution in [0.4, 0.5) is 0 Å². The second-order valence-corrected chi connectivity index (χ2v) is 12.4. The number of hydrogen-bond donors (Lipinski definition) is 0. The molecule has 0 saturated heterocycles. The van der Waals surface area contributed by atoms with Crippen LogP contribution in [-0.2, 0) is 9.96 Å². The monoisotopic (exact) mass is 317 g/mol. The van der Waals surface area contributed by atoms with Crippen molar-refractivity contribution in [3.63, 3.8) is 0 Å². The third kappa shape index (κ3) is 3.15. The molecule has 0 spiro atoms. The summed E-state index contributed by atoms with van der Waals surface area (Å²) in [6.07, 6.45) is 1.87. The van der Waals surface area contributed by atoms with Crippen LogP contribution in [0.25, 0.3) is 11.0 Å². The van der Waals surface area contributed by atoms with Gasteiger partial charge in [0.1, 0.15) is 16.6 Å². The van der Waals surface area contributed by atoms with Crippen molar-refractivity contribution >= 4 is 19.4 Å². The summed E-state index contributed by atoms with van der Waals surface area (Å²) in [5.74, 6) is 0. The highest BCUT2D eigenvalue weighted by Gasteiger charge is 2.39. The number of hydrogen-bond acceptors (Lipinski definition) is 3. The molecule has 2 rings (SSSR count). The van der Waals surface area contributed by atoms with Gasteiger partial charge < -0.3 is 4.43 Å². The first kappa shape index (κ1) is 16.9. The SMILES string of the molecule is C=CC(C)(CO[Si](C)(C)C(C)(C)C)n1nc2ccccc2n1. The lowest BCUT2D eigenvalue weighted by Gasteiger charge is -2.38. The molecule has 0 aliphatic heterocycles. The Morgan fingerprint density at radius 3 is 2.05 bits per heavy atom. The van der Waals surface area contributed by atoms with E-state index in [1.54, 1.807) is 4.80 Å². The molecule has 2 aromatic rings. The van der Waals surface area contributed by atoms with Gasteiger partial charge in [0, 0.05) is 0 Å². The molecule has 1 aromatic heterocycles. The van der Waals surface area contributed by atoms with E-state index in [9.17, 15) is 0 Å². The maximum absolute atomic E-state index is 6.37. The van der Waals surface area contributed by atoms with Gasteiger partial charge in [0.05, 0.1) is 6.61 Å². The highest BCUT2D eigenvalue weighted by Crippen LogP contribution is 2.37. The van der Waals surface area contributed by atoms with Gasteiger partial charge in [0.25, 0.3) is 0 Å². The Morgan fingerprint density at radius 2 is 1.64 bits per heavy atom. The third-order valence-electron chi connectivity index (χ3n) is 4.71. The summed E-state index contributed by atoms with van der Waals surface area (Å²) in [5, 5.41) is 9.35. The number of rotatable bonds is 5. The second-order valence-electron chi connectivity index (χ2n) is 7.59. The van der Waals surface area contributed by atoms with Crippen LogP contribution in [-0.4, -0.2) is 29.9 Å². The Bertz CT molecular complexity index is 639. The molecule has 120 valence electrons. The van der Waals surface area contributed by atoms with Crippen LogP contribution in [0, 0.1) is 0 Å². The van der Waals surface area contributed by atoms with Crippen molar-refractivity contribution in [2.75, 3.05) is 6.61 Å². The zero-order chi connectivity index (χ0) is 16.6. The van der Waals surface area contributed by atoms with Crippen LogP contribution in [0.1, 0.15) is 27.7 Å². The van der Waals surface area contributed by atoms with Crippen molar-refractivity contribution in [1.82, 2.24) is 15.0 Å². The molecule has 0 N–H and O–H groups in total. The molecule has 0 fully saturated rings. The van der Waals surface area contributed by atoms with Crippen molar-refractivity contribution in [3.8, 4) is 0 Å². The van der Waals surface area contributed by atoms with Gasteiger partial charge in [-0.25, -0.2) is 0 Å². The van der Waals surface area contributed by atoms with Gasteiger partial charge >= 0.3 is 0 Å². The lowest BCUT2D eigenvalue weighted by Crippen LogP contribution is -2.46. The smallest absolute Gasteiger partial charge is 0.192 e. The molecule has 0 bridgehead atoms. The van der Waals surface area contributed by atoms with Gasteiger partial charge in [-0.2, -0.15) is 15.0 Å². The first-order valence-corrected chi connectivity index (χ1v) is 10.6. The van der Waals surface area contributed by atoms with Crippen molar-refractivity contribution < 1.29 is 4.43 Å². The minimum absolute atomic E-state index is 0.178. The molecule has 0 radical (unpaired) electrons. The molecular formula is C17H27N3OSi. The second kappa shape index (κ2) is 5.63. The van der Waals surface area contributed by atoms with Crippen LogP contribution < -0.4 is 0 Å². The summed E-state index contributed by atoms with van der Waals surface area (Å²) in [6.45, 7) is 17.8. The lowest BCUT2D eigenvalue weighted by molar-refractivity contribution is 0.168. The third-order valence-corrected chi connectivity index (χ3v) is 9.19. The maximum Gasteiger partial charge on any atom is 0.192 e. The van der Waals surface area contributed by atoms with E-state index in [-0.39, 0.29) is 5.04 Å². The maximum atomic E-state index is 6.37. The summed E-state index contributed by atoms with van der Waals surface area (Å²) in [5.41, 5.74) is 1.33. The van der Waals surface area contributed by atoms with Crippen LogP contribution in [0.3, 0.4) is 0 Å². The van der Waals surface area contributed by atoms with Crippen molar-refractivity contribution in [1.29, 1.82) is 0 Å². The van der Waals surface area contributed by atoms with E-state index in [4.69, 9.17) is 4.43 Å². The van der Waals surface area contributed by atoms with E-state index in [1.165, 1.54) is 0 Å². The first-order valence-electron chi connectivity index (χ1n) is 7.69.